The first kappa shape index (κ1) is 40.2. The molecule has 0 bridgehead atoms. The smallest absolute Gasteiger partial charge is 0.128 e. The molecule has 2 atom stereocenters. The zero-order chi connectivity index (χ0) is 32.9. The third-order valence-electron chi connectivity index (χ3n) is 7.26. The Labute approximate surface area is 262 Å². The van der Waals surface area contributed by atoms with Crippen LogP contribution in [0.25, 0.3) is 0 Å². The van der Waals surface area contributed by atoms with Crippen molar-refractivity contribution in [3.63, 3.8) is 0 Å². The predicted molar refractivity (Wildman–Crippen MR) is 188 cm³/mol. The molecule has 0 N–H and O–H groups in total. The Morgan fingerprint density at radius 1 is 0.690 bits per heavy atom. The van der Waals surface area contributed by atoms with E-state index in [1.165, 1.54) is 18.4 Å². The van der Waals surface area contributed by atoms with Crippen molar-refractivity contribution in [3.05, 3.63) is 23.3 Å². The summed E-state index contributed by atoms with van der Waals surface area (Å²) in [6, 6.07) is 4.40. The highest BCUT2D eigenvalue weighted by Gasteiger charge is 2.29. The van der Waals surface area contributed by atoms with E-state index in [0.717, 1.165) is 47.7 Å². The lowest BCUT2D eigenvalue weighted by atomic mass is 9.83. The van der Waals surface area contributed by atoms with E-state index in [2.05, 4.69) is 112 Å². The van der Waals surface area contributed by atoms with Gasteiger partial charge in [0.25, 0.3) is 0 Å². The standard InChI is InChI=1S/C34H58N2O2.2C2H6/c1-23(2)18-24(3)14-16-37-29-20-27(33(8,9)10)30(38-17-15-25(4)22-32(5,6)7)19-26(29)28-21-31(36-35-28)34(11,12)13;2*1-2/h19-20,23-25H,14-18,21-22H2,1-13H3;2*1-2H3. The molecule has 1 aliphatic rings. The van der Waals surface area contributed by atoms with Crippen LogP contribution < -0.4 is 9.47 Å². The fraction of sp³-hybridized carbons (Fsp3) is 0.789. The summed E-state index contributed by atoms with van der Waals surface area (Å²) in [5.74, 6) is 3.81. The van der Waals surface area contributed by atoms with Crippen LogP contribution in [0.3, 0.4) is 0 Å². The second-order valence-corrected chi connectivity index (χ2v) is 15.5. The highest BCUT2D eigenvalue weighted by Crippen LogP contribution is 2.39. The molecule has 4 heteroatoms. The molecule has 1 heterocycles. The minimum absolute atomic E-state index is 0.00752. The minimum atomic E-state index is -0.0709. The van der Waals surface area contributed by atoms with Crippen LogP contribution in [0.1, 0.15) is 161 Å². The van der Waals surface area contributed by atoms with E-state index in [0.29, 0.717) is 36.4 Å². The minimum Gasteiger partial charge on any atom is -0.493 e. The van der Waals surface area contributed by atoms with Crippen molar-refractivity contribution < 1.29 is 9.47 Å². The SMILES string of the molecule is CC.CC.CC(C)CC(C)CCOc1cc(C(C)(C)C)c(OCCC(C)CC(C)(C)C)cc1C1=NN=C(C(C)(C)C)C1. The van der Waals surface area contributed by atoms with E-state index < -0.39 is 0 Å². The third kappa shape index (κ3) is 14.6. The van der Waals surface area contributed by atoms with Crippen molar-refractivity contribution >= 4 is 11.4 Å². The Hall–Kier alpha value is -1.84. The van der Waals surface area contributed by atoms with Crippen LogP contribution in [0, 0.1) is 28.6 Å². The van der Waals surface area contributed by atoms with Gasteiger partial charge in [0.15, 0.2) is 0 Å². The van der Waals surface area contributed by atoms with Crippen LogP contribution in [0.5, 0.6) is 11.5 Å². The van der Waals surface area contributed by atoms with Crippen LogP contribution in [-0.4, -0.2) is 24.6 Å². The van der Waals surface area contributed by atoms with Gasteiger partial charge in [-0.25, -0.2) is 0 Å². The van der Waals surface area contributed by atoms with Crippen LogP contribution >= 0.6 is 0 Å². The number of hydrogen-bond donors (Lipinski definition) is 0. The molecule has 0 amide bonds. The Bertz CT molecular complexity index is 969. The van der Waals surface area contributed by atoms with E-state index in [-0.39, 0.29) is 10.8 Å². The molecule has 1 aromatic rings. The Morgan fingerprint density at radius 2 is 1.21 bits per heavy atom. The molecular weight excluding hydrogens is 516 g/mol. The molecule has 0 saturated heterocycles. The predicted octanol–water partition coefficient (Wildman–Crippen LogP) is 11.9. The summed E-state index contributed by atoms with van der Waals surface area (Å²) in [5.41, 5.74) is 4.56. The van der Waals surface area contributed by atoms with Gasteiger partial charge in [0, 0.05) is 23.0 Å². The van der Waals surface area contributed by atoms with Crippen molar-refractivity contribution in [2.75, 3.05) is 13.2 Å². The first-order valence-corrected chi connectivity index (χ1v) is 16.9. The lowest BCUT2D eigenvalue weighted by Gasteiger charge is -2.27. The molecule has 2 rings (SSSR count). The highest BCUT2D eigenvalue weighted by atomic mass is 16.5. The fourth-order valence-electron chi connectivity index (χ4n) is 5.33. The van der Waals surface area contributed by atoms with Crippen LogP contribution in [0.4, 0.5) is 0 Å². The molecule has 0 aliphatic carbocycles. The summed E-state index contributed by atoms with van der Waals surface area (Å²) in [6.45, 7) is 38.9. The maximum Gasteiger partial charge on any atom is 0.128 e. The molecule has 0 saturated carbocycles. The van der Waals surface area contributed by atoms with Gasteiger partial charge in [0.05, 0.1) is 24.6 Å². The molecule has 0 spiro atoms. The van der Waals surface area contributed by atoms with Crippen LogP contribution in [0.2, 0.25) is 0 Å². The van der Waals surface area contributed by atoms with Gasteiger partial charge >= 0.3 is 0 Å². The second kappa shape index (κ2) is 18.1. The van der Waals surface area contributed by atoms with Crippen molar-refractivity contribution in [1.29, 1.82) is 0 Å². The Balaban J connectivity index is 0.00000402. The molecule has 0 radical (unpaired) electrons. The van der Waals surface area contributed by atoms with Gasteiger partial charge in [-0.1, -0.05) is 118 Å². The normalized spacial score (nSPS) is 15.1. The summed E-state index contributed by atoms with van der Waals surface area (Å²) < 4.78 is 13.1. The summed E-state index contributed by atoms with van der Waals surface area (Å²) in [6.07, 6.45) is 5.25. The van der Waals surface area contributed by atoms with Gasteiger partial charge in [-0.05, 0) is 66.4 Å². The summed E-state index contributed by atoms with van der Waals surface area (Å²) >= 11 is 0. The lowest BCUT2D eigenvalue weighted by molar-refractivity contribution is 0.236. The monoisotopic (exact) mass is 587 g/mol. The van der Waals surface area contributed by atoms with Gasteiger partial charge in [-0.15, -0.1) is 0 Å². The van der Waals surface area contributed by atoms with Gasteiger partial charge in [0.2, 0.25) is 0 Å². The number of benzene rings is 1. The van der Waals surface area contributed by atoms with Crippen molar-refractivity contribution in [2.24, 2.45) is 38.8 Å². The zero-order valence-electron chi connectivity index (χ0n) is 31.0. The number of rotatable bonds is 12. The topological polar surface area (TPSA) is 43.2 Å². The number of nitrogens with zero attached hydrogens (tertiary/aromatic N) is 2. The van der Waals surface area contributed by atoms with E-state index in [1.807, 2.05) is 27.7 Å². The van der Waals surface area contributed by atoms with E-state index in [4.69, 9.17) is 9.47 Å². The maximum absolute atomic E-state index is 6.54. The van der Waals surface area contributed by atoms with E-state index in [1.54, 1.807) is 0 Å². The second-order valence-electron chi connectivity index (χ2n) is 15.5. The van der Waals surface area contributed by atoms with Crippen molar-refractivity contribution in [1.82, 2.24) is 0 Å². The molecule has 2 unspecified atom stereocenters. The molecule has 4 nitrogen and oxygen atoms in total. The molecule has 0 aromatic heterocycles. The maximum atomic E-state index is 6.54. The fourth-order valence-corrected chi connectivity index (χ4v) is 5.33. The highest BCUT2D eigenvalue weighted by molar-refractivity contribution is 6.17. The average Bonchev–Trinajstić information content (AvgIpc) is 3.36. The molecule has 1 aromatic carbocycles. The van der Waals surface area contributed by atoms with Gasteiger partial charge in [0.1, 0.15) is 11.5 Å². The van der Waals surface area contributed by atoms with Crippen molar-refractivity contribution in [2.45, 2.75) is 155 Å². The number of ether oxygens (including phenoxy) is 2. The number of hydrogen-bond acceptors (Lipinski definition) is 4. The van der Waals surface area contributed by atoms with E-state index >= 15 is 0 Å². The molecule has 42 heavy (non-hydrogen) atoms. The molecular formula is C38H70N2O2. The summed E-state index contributed by atoms with van der Waals surface area (Å²) in [5, 5.41) is 9.22. The Kier molecular flexibility index (Phi) is 17.3. The summed E-state index contributed by atoms with van der Waals surface area (Å²) in [4.78, 5) is 0. The molecule has 244 valence electrons. The van der Waals surface area contributed by atoms with Gasteiger partial charge in [-0.3, -0.25) is 0 Å². The molecule has 0 fully saturated rings. The van der Waals surface area contributed by atoms with Crippen LogP contribution in [0.15, 0.2) is 22.3 Å². The quantitative estimate of drug-likeness (QED) is 0.244. The molecule has 1 aliphatic heterocycles. The zero-order valence-corrected chi connectivity index (χ0v) is 31.0. The first-order chi connectivity index (χ1) is 19.4. The van der Waals surface area contributed by atoms with E-state index in [9.17, 15) is 0 Å². The van der Waals surface area contributed by atoms with Gasteiger partial charge < -0.3 is 9.47 Å². The third-order valence-corrected chi connectivity index (χ3v) is 7.26. The average molecular weight is 587 g/mol. The largest absolute Gasteiger partial charge is 0.493 e. The van der Waals surface area contributed by atoms with Gasteiger partial charge in [-0.2, -0.15) is 10.2 Å². The van der Waals surface area contributed by atoms with Crippen LogP contribution in [-0.2, 0) is 5.41 Å². The summed E-state index contributed by atoms with van der Waals surface area (Å²) in [7, 11) is 0. The first-order valence-electron chi connectivity index (χ1n) is 16.9. The lowest BCUT2D eigenvalue weighted by Crippen LogP contribution is -2.21. The Morgan fingerprint density at radius 3 is 1.67 bits per heavy atom. The van der Waals surface area contributed by atoms with Crippen molar-refractivity contribution in [3.8, 4) is 11.5 Å².